The van der Waals surface area contributed by atoms with E-state index in [1.807, 2.05) is 33.8 Å². The van der Waals surface area contributed by atoms with Crippen molar-refractivity contribution in [3.8, 4) is 0 Å². The van der Waals surface area contributed by atoms with Crippen molar-refractivity contribution in [3.63, 3.8) is 0 Å². The normalized spacial score (nSPS) is 13.8. The Hall–Kier alpha value is -0.670. The number of allylic oxidation sites excluding steroid dienone is 1. The predicted octanol–water partition coefficient (Wildman–Crippen LogP) is 3.34. The molecule has 0 aromatic heterocycles. The molecule has 0 saturated heterocycles. The first kappa shape index (κ1) is 17.7. The number of ether oxygens (including phenoxy) is 2. The fourth-order valence-corrected chi connectivity index (χ4v) is 0.965. The first-order chi connectivity index (χ1) is 7.45. The predicted molar refractivity (Wildman–Crippen MR) is 67.4 cm³/mol. The third-order valence-electron chi connectivity index (χ3n) is 2.09. The van der Waals surface area contributed by atoms with Gasteiger partial charge in [0.2, 0.25) is 0 Å². The maximum atomic E-state index is 10.7. The van der Waals surface area contributed by atoms with Gasteiger partial charge in [0.15, 0.2) is 5.79 Å². The molecular formula is C13H26O3. The second-order valence-electron chi connectivity index (χ2n) is 3.74. The van der Waals surface area contributed by atoms with E-state index in [4.69, 9.17) is 9.47 Å². The summed E-state index contributed by atoms with van der Waals surface area (Å²) in [6, 6.07) is 0. The van der Waals surface area contributed by atoms with Crippen LogP contribution < -0.4 is 0 Å². The Morgan fingerprint density at radius 1 is 1.38 bits per heavy atom. The summed E-state index contributed by atoms with van der Waals surface area (Å²) in [6.45, 7) is 11.5. The van der Waals surface area contributed by atoms with E-state index in [2.05, 4.69) is 0 Å². The topological polar surface area (TPSA) is 35.5 Å². The summed E-state index contributed by atoms with van der Waals surface area (Å²) in [5, 5.41) is 0. The van der Waals surface area contributed by atoms with Crippen molar-refractivity contribution in [2.45, 2.75) is 59.9 Å². The lowest BCUT2D eigenvalue weighted by Gasteiger charge is -2.27. The zero-order valence-electron chi connectivity index (χ0n) is 11.7. The molecule has 0 saturated carbocycles. The molecule has 0 aliphatic rings. The third-order valence-corrected chi connectivity index (χ3v) is 2.09. The molecule has 0 spiro atoms. The standard InChI is InChI=1S/C11H20O3.C2H6/c1-6-9(2)7-10(8-12)14-11(3,4)13-5;1-2/h6,8,10H,7H2,1-5H3;1-2H3/b9-6-;. The van der Waals surface area contributed by atoms with Gasteiger partial charge < -0.3 is 14.3 Å². The summed E-state index contributed by atoms with van der Waals surface area (Å²) < 4.78 is 10.6. The van der Waals surface area contributed by atoms with Crippen molar-refractivity contribution >= 4 is 6.29 Å². The molecule has 1 unspecified atom stereocenters. The van der Waals surface area contributed by atoms with Crippen LogP contribution in [0.4, 0.5) is 0 Å². The molecule has 0 aromatic carbocycles. The molecule has 0 heterocycles. The Labute approximate surface area is 99.8 Å². The highest BCUT2D eigenvalue weighted by molar-refractivity contribution is 5.56. The first-order valence-electron chi connectivity index (χ1n) is 5.75. The smallest absolute Gasteiger partial charge is 0.163 e. The second kappa shape index (κ2) is 9.55. The van der Waals surface area contributed by atoms with E-state index in [9.17, 15) is 4.79 Å². The highest BCUT2D eigenvalue weighted by atomic mass is 16.7. The summed E-state index contributed by atoms with van der Waals surface area (Å²) in [5.41, 5.74) is 1.13. The molecule has 0 aliphatic carbocycles. The van der Waals surface area contributed by atoms with Crippen LogP contribution in [0.25, 0.3) is 0 Å². The summed E-state index contributed by atoms with van der Waals surface area (Å²) in [6.07, 6.45) is 2.97. The molecule has 0 rings (SSSR count). The Kier molecular flexibility index (Phi) is 10.6. The molecule has 1 atom stereocenters. The van der Waals surface area contributed by atoms with Crippen molar-refractivity contribution in [2.75, 3.05) is 7.11 Å². The Morgan fingerprint density at radius 3 is 2.19 bits per heavy atom. The van der Waals surface area contributed by atoms with E-state index in [0.717, 1.165) is 11.9 Å². The molecule has 16 heavy (non-hydrogen) atoms. The van der Waals surface area contributed by atoms with Gasteiger partial charge in [-0.25, -0.2) is 0 Å². The van der Waals surface area contributed by atoms with Gasteiger partial charge in [-0.05, 0) is 27.7 Å². The Balaban J connectivity index is 0. The first-order valence-corrected chi connectivity index (χ1v) is 5.75. The van der Waals surface area contributed by atoms with Crippen molar-refractivity contribution in [1.29, 1.82) is 0 Å². The molecule has 0 aromatic rings. The molecule has 0 N–H and O–H groups in total. The van der Waals surface area contributed by atoms with E-state index in [1.165, 1.54) is 0 Å². The van der Waals surface area contributed by atoms with Crippen LogP contribution in [0.1, 0.15) is 48.0 Å². The number of methoxy groups -OCH3 is 1. The minimum atomic E-state index is -0.709. The molecule has 3 heteroatoms. The van der Waals surface area contributed by atoms with Crippen molar-refractivity contribution in [3.05, 3.63) is 11.6 Å². The zero-order valence-corrected chi connectivity index (χ0v) is 11.7. The number of carbonyl (C=O) groups excluding carboxylic acids is 1. The maximum absolute atomic E-state index is 10.7. The minimum Gasteiger partial charge on any atom is -0.354 e. The van der Waals surface area contributed by atoms with Crippen LogP contribution in [-0.4, -0.2) is 25.3 Å². The molecular weight excluding hydrogens is 204 g/mol. The number of hydrogen-bond donors (Lipinski definition) is 0. The van der Waals surface area contributed by atoms with Crippen molar-refractivity contribution in [2.24, 2.45) is 0 Å². The number of aldehydes is 1. The molecule has 96 valence electrons. The molecule has 0 amide bonds. The average molecular weight is 230 g/mol. The zero-order chi connectivity index (χ0) is 13.2. The monoisotopic (exact) mass is 230 g/mol. The minimum absolute atomic E-state index is 0.429. The SMILES string of the molecule is C/C=C(/C)CC(C=O)OC(C)(C)OC.CC. The van der Waals surface area contributed by atoms with Gasteiger partial charge in [-0.2, -0.15) is 0 Å². The fourth-order valence-electron chi connectivity index (χ4n) is 0.965. The van der Waals surface area contributed by atoms with Crippen LogP contribution >= 0.6 is 0 Å². The summed E-state index contributed by atoms with van der Waals surface area (Å²) in [4.78, 5) is 10.7. The van der Waals surface area contributed by atoms with Crippen molar-refractivity contribution in [1.82, 2.24) is 0 Å². The van der Waals surface area contributed by atoms with E-state index in [-0.39, 0.29) is 0 Å². The lowest BCUT2D eigenvalue weighted by molar-refractivity contribution is -0.217. The highest BCUT2D eigenvalue weighted by Gasteiger charge is 2.22. The van der Waals surface area contributed by atoms with Crippen LogP contribution in [-0.2, 0) is 14.3 Å². The van der Waals surface area contributed by atoms with Gasteiger partial charge in [0, 0.05) is 13.5 Å². The van der Waals surface area contributed by atoms with E-state index in [0.29, 0.717) is 6.42 Å². The van der Waals surface area contributed by atoms with Crippen LogP contribution in [0.2, 0.25) is 0 Å². The van der Waals surface area contributed by atoms with Crippen LogP contribution in [0, 0.1) is 0 Å². The van der Waals surface area contributed by atoms with E-state index >= 15 is 0 Å². The Morgan fingerprint density at radius 2 is 1.88 bits per heavy atom. The summed E-state index contributed by atoms with van der Waals surface area (Å²) in [7, 11) is 1.56. The second-order valence-corrected chi connectivity index (χ2v) is 3.74. The average Bonchev–Trinajstić information content (AvgIpc) is 2.30. The fraction of sp³-hybridized carbons (Fsp3) is 0.769. The van der Waals surface area contributed by atoms with Crippen LogP contribution in [0.15, 0.2) is 11.6 Å². The number of carbonyl (C=O) groups is 1. The summed E-state index contributed by atoms with van der Waals surface area (Å²) >= 11 is 0. The van der Waals surface area contributed by atoms with E-state index in [1.54, 1.807) is 21.0 Å². The maximum Gasteiger partial charge on any atom is 0.163 e. The molecule has 0 aliphatic heterocycles. The largest absolute Gasteiger partial charge is 0.354 e. The molecule has 0 bridgehead atoms. The van der Waals surface area contributed by atoms with Gasteiger partial charge in [0.25, 0.3) is 0 Å². The summed E-state index contributed by atoms with van der Waals surface area (Å²) in [5.74, 6) is -0.709. The van der Waals surface area contributed by atoms with Gasteiger partial charge in [-0.1, -0.05) is 25.5 Å². The van der Waals surface area contributed by atoms with Crippen LogP contribution in [0.3, 0.4) is 0 Å². The quantitative estimate of drug-likeness (QED) is 0.399. The lowest BCUT2D eigenvalue weighted by Crippen LogP contribution is -2.33. The number of rotatable bonds is 6. The van der Waals surface area contributed by atoms with Gasteiger partial charge >= 0.3 is 0 Å². The van der Waals surface area contributed by atoms with Gasteiger partial charge in [-0.15, -0.1) is 0 Å². The Bertz CT molecular complexity index is 207. The lowest BCUT2D eigenvalue weighted by atomic mass is 10.1. The number of hydrogen-bond acceptors (Lipinski definition) is 3. The molecule has 0 radical (unpaired) electrons. The van der Waals surface area contributed by atoms with Gasteiger partial charge in [0.05, 0.1) is 0 Å². The van der Waals surface area contributed by atoms with Crippen molar-refractivity contribution < 1.29 is 14.3 Å². The van der Waals surface area contributed by atoms with Gasteiger partial charge in [-0.3, -0.25) is 0 Å². The van der Waals surface area contributed by atoms with Crippen LogP contribution in [0.5, 0.6) is 0 Å². The molecule has 0 fully saturated rings. The third kappa shape index (κ3) is 8.62. The molecule has 3 nitrogen and oxygen atoms in total. The highest BCUT2D eigenvalue weighted by Crippen LogP contribution is 2.16. The van der Waals surface area contributed by atoms with Gasteiger partial charge in [0.1, 0.15) is 12.4 Å². The van der Waals surface area contributed by atoms with E-state index < -0.39 is 11.9 Å².